The van der Waals surface area contributed by atoms with Crippen LogP contribution >= 0.6 is 0 Å². The summed E-state index contributed by atoms with van der Waals surface area (Å²) in [6.07, 6.45) is 2.03. The lowest BCUT2D eigenvalue weighted by atomic mass is 10.1. The van der Waals surface area contributed by atoms with E-state index in [2.05, 4.69) is 15.5 Å². The van der Waals surface area contributed by atoms with Gasteiger partial charge in [-0.25, -0.2) is 0 Å². The second-order valence-electron chi connectivity index (χ2n) is 5.22. The van der Waals surface area contributed by atoms with Crippen molar-refractivity contribution in [3.63, 3.8) is 0 Å². The number of aryl methyl sites for hydroxylation is 1. The predicted molar refractivity (Wildman–Crippen MR) is 86.2 cm³/mol. The van der Waals surface area contributed by atoms with Crippen molar-refractivity contribution in [3.05, 3.63) is 47.8 Å². The Hall–Kier alpha value is -1.98. The predicted octanol–water partition coefficient (Wildman–Crippen LogP) is 2.04. The van der Waals surface area contributed by atoms with Crippen molar-refractivity contribution in [2.45, 2.75) is 13.1 Å². The van der Waals surface area contributed by atoms with Gasteiger partial charge in [0.25, 0.3) is 0 Å². The summed E-state index contributed by atoms with van der Waals surface area (Å²) in [5.74, 6) is 1.63. The number of aliphatic hydroxyl groups is 1. The number of nitrogens with zero attached hydrogens (tertiary/aromatic N) is 2. The van der Waals surface area contributed by atoms with E-state index >= 15 is 0 Å². The fourth-order valence-corrected chi connectivity index (χ4v) is 2.49. The Morgan fingerprint density at radius 3 is 2.55 bits per heavy atom. The monoisotopic (exact) mass is 304 g/mol. The third kappa shape index (κ3) is 4.02. The van der Waals surface area contributed by atoms with Crippen LogP contribution in [0.5, 0.6) is 11.5 Å². The molecular weight excluding hydrogens is 280 g/mol. The molecule has 1 heterocycles. The van der Waals surface area contributed by atoms with Gasteiger partial charge in [0.2, 0.25) is 0 Å². The van der Waals surface area contributed by atoms with Crippen LogP contribution < -0.4 is 9.47 Å². The maximum atomic E-state index is 9.34. The zero-order chi connectivity index (χ0) is 15.9. The second kappa shape index (κ2) is 7.87. The summed E-state index contributed by atoms with van der Waals surface area (Å²) in [4.78, 5) is 2.19. The van der Waals surface area contributed by atoms with Crippen molar-refractivity contribution in [1.82, 2.24) is 9.47 Å². The molecule has 1 aromatic heterocycles. The Kier molecular flexibility index (Phi) is 5.86. The minimum absolute atomic E-state index is 0.122. The first kappa shape index (κ1) is 16.4. The summed E-state index contributed by atoms with van der Waals surface area (Å²) in [6.45, 7) is 2.18. The SMILES string of the molecule is COc1ccc(OC)c(CN(CCO)Cc2cccn2C)c1. The molecular formula is C17H24N2O3. The van der Waals surface area contributed by atoms with Gasteiger partial charge in [0.05, 0.1) is 20.8 Å². The van der Waals surface area contributed by atoms with Crippen LogP contribution in [0.4, 0.5) is 0 Å². The molecule has 0 saturated carbocycles. The summed E-state index contributed by atoms with van der Waals surface area (Å²) in [6, 6.07) is 9.89. The number of ether oxygens (including phenoxy) is 2. The molecule has 5 heteroatoms. The van der Waals surface area contributed by atoms with Gasteiger partial charge in [0, 0.05) is 44.1 Å². The summed E-state index contributed by atoms with van der Waals surface area (Å²) < 4.78 is 12.8. The molecule has 0 aliphatic carbocycles. The van der Waals surface area contributed by atoms with Crippen molar-refractivity contribution >= 4 is 0 Å². The second-order valence-corrected chi connectivity index (χ2v) is 5.22. The molecule has 0 fully saturated rings. The number of hydrogen-bond acceptors (Lipinski definition) is 4. The van der Waals surface area contributed by atoms with Gasteiger partial charge in [-0.15, -0.1) is 0 Å². The first-order valence-electron chi connectivity index (χ1n) is 7.32. The summed E-state index contributed by atoms with van der Waals surface area (Å²) in [7, 11) is 5.35. The zero-order valence-electron chi connectivity index (χ0n) is 13.5. The standard InChI is InChI=1S/C17H24N2O3/c1-18-8-4-5-15(18)13-19(9-10-20)12-14-11-16(21-2)6-7-17(14)22-3/h4-8,11,20H,9-10,12-13H2,1-3H3. The molecule has 0 radical (unpaired) electrons. The topological polar surface area (TPSA) is 46.9 Å². The van der Waals surface area contributed by atoms with E-state index in [1.807, 2.05) is 37.5 Å². The van der Waals surface area contributed by atoms with E-state index in [1.165, 1.54) is 5.69 Å². The van der Waals surface area contributed by atoms with Gasteiger partial charge in [0.15, 0.2) is 0 Å². The lowest BCUT2D eigenvalue weighted by molar-refractivity contribution is 0.180. The van der Waals surface area contributed by atoms with Crippen LogP contribution in [0.3, 0.4) is 0 Å². The molecule has 2 aromatic rings. The molecule has 1 N–H and O–H groups in total. The molecule has 0 amide bonds. The van der Waals surface area contributed by atoms with Crippen LogP contribution in [0.2, 0.25) is 0 Å². The number of hydrogen-bond donors (Lipinski definition) is 1. The molecule has 22 heavy (non-hydrogen) atoms. The first-order valence-corrected chi connectivity index (χ1v) is 7.32. The van der Waals surface area contributed by atoms with Crippen molar-refractivity contribution in [1.29, 1.82) is 0 Å². The van der Waals surface area contributed by atoms with E-state index in [-0.39, 0.29) is 6.61 Å². The van der Waals surface area contributed by atoms with Crippen molar-refractivity contribution in [2.75, 3.05) is 27.4 Å². The molecule has 0 bridgehead atoms. The van der Waals surface area contributed by atoms with Crippen LogP contribution in [-0.2, 0) is 20.1 Å². The van der Waals surface area contributed by atoms with E-state index in [9.17, 15) is 5.11 Å². The number of benzene rings is 1. The fourth-order valence-electron chi connectivity index (χ4n) is 2.49. The van der Waals surface area contributed by atoms with Crippen molar-refractivity contribution < 1.29 is 14.6 Å². The van der Waals surface area contributed by atoms with E-state index in [0.29, 0.717) is 13.1 Å². The Labute approximate surface area is 131 Å². The quantitative estimate of drug-likeness (QED) is 0.811. The highest BCUT2D eigenvalue weighted by Crippen LogP contribution is 2.25. The normalized spacial score (nSPS) is 11.0. The average molecular weight is 304 g/mol. The molecule has 0 spiro atoms. The highest BCUT2D eigenvalue weighted by Gasteiger charge is 2.12. The Morgan fingerprint density at radius 1 is 1.14 bits per heavy atom. The van der Waals surface area contributed by atoms with Crippen LogP contribution in [0.1, 0.15) is 11.3 Å². The summed E-state index contributed by atoms with van der Waals surface area (Å²) in [5, 5.41) is 9.34. The Balaban J connectivity index is 2.18. The third-order valence-electron chi connectivity index (χ3n) is 3.73. The Morgan fingerprint density at radius 2 is 1.95 bits per heavy atom. The largest absolute Gasteiger partial charge is 0.497 e. The minimum atomic E-state index is 0.122. The van der Waals surface area contributed by atoms with Gasteiger partial charge in [-0.05, 0) is 30.3 Å². The fraction of sp³-hybridized carbons (Fsp3) is 0.412. The zero-order valence-corrected chi connectivity index (χ0v) is 13.5. The first-order chi connectivity index (χ1) is 10.7. The van der Waals surface area contributed by atoms with Gasteiger partial charge < -0.3 is 19.1 Å². The maximum Gasteiger partial charge on any atom is 0.123 e. The Bertz CT molecular complexity index is 595. The number of rotatable bonds is 8. The molecule has 2 rings (SSSR count). The number of aromatic nitrogens is 1. The van der Waals surface area contributed by atoms with Crippen molar-refractivity contribution in [2.24, 2.45) is 7.05 Å². The highest BCUT2D eigenvalue weighted by molar-refractivity contribution is 5.40. The van der Waals surface area contributed by atoms with Gasteiger partial charge in [-0.2, -0.15) is 0 Å². The van der Waals surface area contributed by atoms with E-state index in [4.69, 9.17) is 9.47 Å². The molecule has 0 unspecified atom stereocenters. The number of methoxy groups -OCH3 is 2. The van der Waals surface area contributed by atoms with Crippen LogP contribution in [0.25, 0.3) is 0 Å². The van der Waals surface area contributed by atoms with Crippen molar-refractivity contribution in [3.8, 4) is 11.5 Å². The van der Waals surface area contributed by atoms with Gasteiger partial charge in [-0.3, -0.25) is 4.90 Å². The minimum Gasteiger partial charge on any atom is -0.497 e. The summed E-state index contributed by atoms with van der Waals surface area (Å²) >= 11 is 0. The van der Waals surface area contributed by atoms with Crippen LogP contribution in [-0.4, -0.2) is 41.9 Å². The molecule has 120 valence electrons. The van der Waals surface area contributed by atoms with Crippen LogP contribution in [0, 0.1) is 0 Å². The van der Waals surface area contributed by atoms with E-state index in [1.54, 1.807) is 14.2 Å². The lowest BCUT2D eigenvalue weighted by Crippen LogP contribution is -2.27. The van der Waals surface area contributed by atoms with Gasteiger partial charge in [-0.1, -0.05) is 0 Å². The molecule has 0 aliphatic heterocycles. The van der Waals surface area contributed by atoms with Crippen LogP contribution in [0.15, 0.2) is 36.5 Å². The molecule has 0 atom stereocenters. The third-order valence-corrected chi connectivity index (χ3v) is 3.73. The summed E-state index contributed by atoms with van der Waals surface area (Å²) in [5.41, 5.74) is 2.25. The number of aliphatic hydroxyl groups excluding tert-OH is 1. The molecule has 0 saturated heterocycles. The lowest BCUT2D eigenvalue weighted by Gasteiger charge is -2.23. The van der Waals surface area contributed by atoms with Gasteiger partial charge in [0.1, 0.15) is 11.5 Å². The molecule has 5 nitrogen and oxygen atoms in total. The highest BCUT2D eigenvalue weighted by atomic mass is 16.5. The molecule has 1 aromatic carbocycles. The van der Waals surface area contributed by atoms with E-state index in [0.717, 1.165) is 23.6 Å². The maximum absolute atomic E-state index is 9.34. The van der Waals surface area contributed by atoms with E-state index < -0.39 is 0 Å². The average Bonchev–Trinajstić information content (AvgIpc) is 2.92. The van der Waals surface area contributed by atoms with Gasteiger partial charge >= 0.3 is 0 Å². The smallest absolute Gasteiger partial charge is 0.123 e. The molecule has 0 aliphatic rings.